The van der Waals surface area contributed by atoms with Crippen molar-refractivity contribution in [1.82, 2.24) is 24.6 Å². The molecule has 4 aromatic rings. The van der Waals surface area contributed by atoms with Crippen LogP contribution in [0.1, 0.15) is 17.1 Å². The van der Waals surface area contributed by atoms with Crippen LogP contribution < -0.4 is 0 Å². The Bertz CT molecular complexity index is 958. The molecule has 0 radical (unpaired) electrons. The van der Waals surface area contributed by atoms with Gasteiger partial charge in [-0.15, -0.1) is 21.5 Å². The first-order valence-electron chi connectivity index (χ1n) is 7.01. The van der Waals surface area contributed by atoms with Crippen molar-refractivity contribution in [2.45, 2.75) is 24.8 Å². The first-order chi connectivity index (χ1) is 11.2. The van der Waals surface area contributed by atoms with Crippen LogP contribution in [0.3, 0.4) is 0 Å². The highest BCUT2D eigenvalue weighted by Gasteiger charge is 2.12. The molecule has 0 N–H and O–H groups in total. The molecule has 0 atom stereocenters. The number of hydrogen-bond donors (Lipinski definition) is 0. The largest absolute Gasteiger partial charge is 0.410 e. The Morgan fingerprint density at radius 3 is 3.00 bits per heavy atom. The molecule has 0 fully saturated rings. The first-order valence-corrected chi connectivity index (χ1v) is 8.88. The SMILES string of the molecule is Cc1cc(C)n2cc(CSc3nnc(-c4cccs4)o3)nc2n1. The molecule has 0 bridgehead atoms. The molecule has 4 aromatic heterocycles. The maximum absolute atomic E-state index is 5.67. The summed E-state index contributed by atoms with van der Waals surface area (Å²) in [6, 6.07) is 5.97. The molecule has 0 aromatic carbocycles. The van der Waals surface area contributed by atoms with Crippen molar-refractivity contribution in [1.29, 1.82) is 0 Å². The number of imidazole rings is 1. The highest BCUT2D eigenvalue weighted by Crippen LogP contribution is 2.28. The molecule has 23 heavy (non-hydrogen) atoms. The summed E-state index contributed by atoms with van der Waals surface area (Å²) in [6.45, 7) is 4.02. The molecule has 8 heteroatoms. The van der Waals surface area contributed by atoms with Crippen molar-refractivity contribution in [3.63, 3.8) is 0 Å². The second kappa shape index (κ2) is 5.78. The van der Waals surface area contributed by atoms with Gasteiger partial charge in [-0.25, -0.2) is 9.97 Å². The van der Waals surface area contributed by atoms with Crippen molar-refractivity contribution in [3.05, 3.63) is 46.9 Å². The Balaban J connectivity index is 1.52. The summed E-state index contributed by atoms with van der Waals surface area (Å²) in [5, 5.41) is 10.7. The van der Waals surface area contributed by atoms with Gasteiger partial charge >= 0.3 is 0 Å². The second-order valence-corrected chi connectivity index (χ2v) is 6.95. The summed E-state index contributed by atoms with van der Waals surface area (Å²) in [5.74, 6) is 1.95. The number of rotatable bonds is 4. The Morgan fingerprint density at radius 2 is 2.17 bits per heavy atom. The van der Waals surface area contributed by atoms with Crippen LogP contribution in [-0.4, -0.2) is 24.6 Å². The zero-order chi connectivity index (χ0) is 15.8. The standard InChI is InChI=1S/C15H13N5OS2/c1-9-6-10(2)20-7-11(17-14(20)16-9)8-23-15-19-18-13(21-15)12-4-3-5-22-12/h3-7H,8H2,1-2H3. The van der Waals surface area contributed by atoms with E-state index in [1.165, 1.54) is 11.8 Å². The Labute approximate surface area is 140 Å². The molecule has 0 aliphatic heterocycles. The van der Waals surface area contributed by atoms with E-state index in [9.17, 15) is 0 Å². The van der Waals surface area contributed by atoms with Gasteiger partial charge in [0.05, 0.1) is 10.6 Å². The predicted octanol–water partition coefficient (Wildman–Crippen LogP) is 3.75. The monoisotopic (exact) mass is 343 g/mol. The minimum atomic E-state index is 0.548. The van der Waals surface area contributed by atoms with Crippen LogP contribution in [0, 0.1) is 13.8 Å². The zero-order valence-corrected chi connectivity index (χ0v) is 14.2. The van der Waals surface area contributed by atoms with E-state index in [1.807, 2.05) is 48.0 Å². The fourth-order valence-electron chi connectivity index (χ4n) is 2.29. The van der Waals surface area contributed by atoms with Crippen LogP contribution in [0.5, 0.6) is 0 Å². The average Bonchev–Trinajstić information content (AvgIpc) is 3.24. The van der Waals surface area contributed by atoms with Gasteiger partial charge in [0.1, 0.15) is 0 Å². The zero-order valence-electron chi connectivity index (χ0n) is 12.6. The lowest BCUT2D eigenvalue weighted by Gasteiger charge is -1.98. The fourth-order valence-corrected chi connectivity index (χ4v) is 3.58. The van der Waals surface area contributed by atoms with Gasteiger partial charge < -0.3 is 4.42 Å². The summed E-state index contributed by atoms with van der Waals surface area (Å²) in [7, 11) is 0. The predicted molar refractivity (Wildman–Crippen MR) is 89.6 cm³/mol. The van der Waals surface area contributed by atoms with Gasteiger partial charge in [0.25, 0.3) is 11.1 Å². The number of fused-ring (bicyclic) bond motifs is 1. The number of thioether (sulfide) groups is 1. The smallest absolute Gasteiger partial charge is 0.277 e. The van der Waals surface area contributed by atoms with Crippen LogP contribution in [0.15, 0.2) is 39.4 Å². The molecular weight excluding hydrogens is 330 g/mol. The highest BCUT2D eigenvalue weighted by atomic mass is 32.2. The van der Waals surface area contributed by atoms with Gasteiger partial charge in [0, 0.05) is 23.3 Å². The van der Waals surface area contributed by atoms with Crippen molar-refractivity contribution in [2.75, 3.05) is 0 Å². The fraction of sp³-hybridized carbons (Fsp3) is 0.200. The average molecular weight is 343 g/mol. The van der Waals surface area contributed by atoms with Crippen molar-refractivity contribution in [3.8, 4) is 10.8 Å². The molecule has 4 rings (SSSR count). The number of aromatic nitrogens is 5. The van der Waals surface area contributed by atoms with Crippen LogP contribution >= 0.6 is 23.1 Å². The minimum absolute atomic E-state index is 0.548. The maximum atomic E-state index is 5.67. The van der Waals surface area contributed by atoms with E-state index in [-0.39, 0.29) is 0 Å². The van der Waals surface area contributed by atoms with Gasteiger partial charge in [-0.05, 0) is 31.4 Å². The minimum Gasteiger partial charge on any atom is -0.410 e. The molecule has 0 aliphatic rings. The van der Waals surface area contributed by atoms with Crippen LogP contribution in [0.2, 0.25) is 0 Å². The maximum Gasteiger partial charge on any atom is 0.277 e. The van der Waals surface area contributed by atoms with E-state index < -0.39 is 0 Å². The van der Waals surface area contributed by atoms with E-state index in [0.717, 1.165) is 27.7 Å². The molecule has 4 heterocycles. The van der Waals surface area contributed by atoms with Crippen LogP contribution in [0.25, 0.3) is 16.5 Å². The summed E-state index contributed by atoms with van der Waals surface area (Å²) >= 11 is 3.06. The van der Waals surface area contributed by atoms with Crippen molar-refractivity contribution >= 4 is 28.9 Å². The lowest BCUT2D eigenvalue weighted by atomic mass is 10.3. The van der Waals surface area contributed by atoms with Gasteiger partial charge in [-0.3, -0.25) is 4.40 Å². The van der Waals surface area contributed by atoms with Gasteiger partial charge in [-0.1, -0.05) is 17.8 Å². The lowest BCUT2D eigenvalue weighted by molar-refractivity contribution is 0.466. The third-order valence-corrected chi connectivity index (χ3v) is 5.00. The van der Waals surface area contributed by atoms with E-state index in [1.54, 1.807) is 11.3 Å². The van der Waals surface area contributed by atoms with E-state index in [2.05, 4.69) is 20.2 Å². The number of nitrogens with zero attached hydrogens (tertiary/aromatic N) is 5. The van der Waals surface area contributed by atoms with E-state index in [0.29, 0.717) is 16.9 Å². The van der Waals surface area contributed by atoms with Gasteiger partial charge in [0.2, 0.25) is 5.78 Å². The summed E-state index contributed by atoms with van der Waals surface area (Å²) in [5.41, 5.74) is 3.03. The number of thiophene rings is 1. The topological polar surface area (TPSA) is 69.1 Å². The summed E-state index contributed by atoms with van der Waals surface area (Å²) in [6.07, 6.45) is 2.00. The molecular formula is C15H13N5OS2. The molecule has 6 nitrogen and oxygen atoms in total. The van der Waals surface area contributed by atoms with Crippen LogP contribution in [-0.2, 0) is 5.75 Å². The second-order valence-electron chi connectivity index (χ2n) is 5.08. The van der Waals surface area contributed by atoms with E-state index >= 15 is 0 Å². The molecule has 116 valence electrons. The number of aryl methyl sites for hydroxylation is 2. The molecule has 0 saturated heterocycles. The van der Waals surface area contributed by atoms with Gasteiger partial charge in [-0.2, -0.15) is 0 Å². The first kappa shape index (κ1) is 14.4. The summed E-state index contributed by atoms with van der Waals surface area (Å²) < 4.78 is 7.66. The normalized spacial score (nSPS) is 11.4. The Hall–Kier alpha value is -2.19. The Morgan fingerprint density at radius 1 is 1.26 bits per heavy atom. The Kier molecular flexibility index (Phi) is 3.62. The van der Waals surface area contributed by atoms with Crippen molar-refractivity contribution < 1.29 is 4.42 Å². The molecule has 0 spiro atoms. The quantitative estimate of drug-likeness (QED) is 0.526. The highest BCUT2D eigenvalue weighted by molar-refractivity contribution is 7.98. The third-order valence-electron chi connectivity index (χ3n) is 3.29. The summed E-state index contributed by atoms with van der Waals surface area (Å²) in [4.78, 5) is 9.97. The van der Waals surface area contributed by atoms with E-state index in [4.69, 9.17) is 4.42 Å². The van der Waals surface area contributed by atoms with Crippen molar-refractivity contribution in [2.24, 2.45) is 0 Å². The molecule has 0 saturated carbocycles. The molecule has 0 aliphatic carbocycles. The van der Waals surface area contributed by atoms with Gasteiger partial charge in [0.15, 0.2) is 0 Å². The lowest BCUT2D eigenvalue weighted by Crippen LogP contribution is -1.94. The number of hydrogen-bond acceptors (Lipinski definition) is 7. The third kappa shape index (κ3) is 2.87. The van der Waals surface area contributed by atoms with Crippen LogP contribution in [0.4, 0.5) is 0 Å². The molecule has 0 amide bonds. The molecule has 0 unspecified atom stereocenters.